The lowest BCUT2D eigenvalue weighted by atomic mass is 9.97. The molecule has 0 fully saturated rings. The number of phenolic OH excluding ortho intramolecular Hbond substituents is 2. The predicted octanol–water partition coefficient (Wildman–Crippen LogP) is 6.78. The van der Waals surface area contributed by atoms with E-state index in [2.05, 4.69) is 38.3 Å². The Morgan fingerprint density at radius 3 is 1.44 bits per heavy atom. The number of anilines is 2. The number of hydrogen-bond donors (Lipinski definition) is 4. The number of nitrogens with one attached hydrogen (secondary N) is 2. The molecule has 3 rings (SSSR count). The quantitative estimate of drug-likeness (QED) is 0.253. The van der Waals surface area contributed by atoms with Crippen LogP contribution in [0.4, 0.5) is 11.4 Å². The van der Waals surface area contributed by atoms with Gasteiger partial charge in [-0.25, -0.2) is 0 Å². The first kappa shape index (κ1) is 26.8. The third kappa shape index (κ3) is 7.11. The lowest BCUT2D eigenvalue weighted by Crippen LogP contribution is -2.17. The van der Waals surface area contributed by atoms with Crippen molar-refractivity contribution in [2.45, 2.75) is 53.4 Å². The highest BCUT2D eigenvalue weighted by Gasteiger charge is 2.19. The summed E-state index contributed by atoms with van der Waals surface area (Å²) in [5.74, 6) is -0.00519. The van der Waals surface area contributed by atoms with E-state index in [1.54, 1.807) is 36.4 Å². The highest BCUT2D eigenvalue weighted by atomic mass is 16.3. The zero-order valence-corrected chi connectivity index (χ0v) is 21.5. The van der Waals surface area contributed by atoms with Crippen LogP contribution in [0.1, 0.15) is 72.4 Å². The van der Waals surface area contributed by atoms with Gasteiger partial charge in [-0.05, 0) is 79.0 Å². The number of amides is 2. The number of aromatic hydroxyl groups is 2. The number of carbonyl (C=O) groups excluding carboxylic acids is 2. The lowest BCUT2D eigenvalue weighted by Gasteiger charge is -2.15. The number of rotatable bonds is 10. The van der Waals surface area contributed by atoms with Gasteiger partial charge >= 0.3 is 0 Å². The molecule has 0 bridgehead atoms. The minimum atomic E-state index is -0.410. The van der Waals surface area contributed by atoms with Crippen LogP contribution in [-0.4, -0.2) is 22.0 Å². The van der Waals surface area contributed by atoms with E-state index in [1.165, 1.54) is 12.1 Å². The Bertz CT molecular complexity index is 1130. The summed E-state index contributed by atoms with van der Waals surface area (Å²) < 4.78 is 0. The maximum Gasteiger partial charge on any atom is 0.259 e. The Labute approximate surface area is 213 Å². The van der Waals surface area contributed by atoms with Crippen molar-refractivity contribution < 1.29 is 19.8 Å². The molecule has 2 amide bonds. The number of aryl methyl sites for hydroxylation is 2. The first-order valence-electron chi connectivity index (χ1n) is 12.5. The summed E-state index contributed by atoms with van der Waals surface area (Å²) in [6.07, 6.45) is 3.17. The van der Waals surface area contributed by atoms with Crippen molar-refractivity contribution in [1.82, 2.24) is 0 Å². The summed E-state index contributed by atoms with van der Waals surface area (Å²) in [5, 5.41) is 26.5. The fraction of sp³-hybridized carbons (Fsp3) is 0.333. The Hall–Kier alpha value is -3.80. The monoisotopic (exact) mass is 488 g/mol. The minimum Gasteiger partial charge on any atom is -0.507 e. The van der Waals surface area contributed by atoms with Crippen molar-refractivity contribution >= 4 is 23.2 Å². The van der Waals surface area contributed by atoms with Crippen molar-refractivity contribution in [2.75, 3.05) is 10.6 Å². The molecular weight excluding hydrogens is 452 g/mol. The maximum absolute atomic E-state index is 13.1. The molecule has 0 spiro atoms. The van der Waals surface area contributed by atoms with E-state index >= 15 is 0 Å². The lowest BCUT2D eigenvalue weighted by molar-refractivity contribution is 0.101. The van der Waals surface area contributed by atoms with Crippen molar-refractivity contribution in [3.8, 4) is 11.5 Å². The van der Waals surface area contributed by atoms with Crippen LogP contribution in [0.3, 0.4) is 0 Å². The van der Waals surface area contributed by atoms with Crippen LogP contribution >= 0.6 is 0 Å². The molecule has 0 atom stereocenters. The SMILES string of the molecule is CC(C)CCc1cccc(O)c1C(=O)Nc1cccc(NC(=O)c2c(O)cccc2CCC(C)C)c1. The van der Waals surface area contributed by atoms with E-state index in [-0.39, 0.29) is 22.6 Å². The molecule has 0 heterocycles. The summed E-state index contributed by atoms with van der Waals surface area (Å²) in [6.45, 7) is 8.46. The van der Waals surface area contributed by atoms with Crippen LogP contribution in [0.5, 0.6) is 11.5 Å². The Kier molecular flexibility index (Phi) is 9.12. The summed E-state index contributed by atoms with van der Waals surface area (Å²) in [5.41, 5.74) is 3.06. The van der Waals surface area contributed by atoms with Crippen molar-refractivity contribution in [3.63, 3.8) is 0 Å². The van der Waals surface area contributed by atoms with Gasteiger partial charge in [-0.2, -0.15) is 0 Å². The molecule has 0 radical (unpaired) electrons. The third-order valence-corrected chi connectivity index (χ3v) is 6.07. The average Bonchev–Trinajstić information content (AvgIpc) is 2.81. The van der Waals surface area contributed by atoms with Gasteiger partial charge in [0.1, 0.15) is 11.5 Å². The molecule has 0 aliphatic heterocycles. The molecule has 0 aliphatic rings. The zero-order chi connectivity index (χ0) is 26.2. The molecule has 190 valence electrons. The van der Waals surface area contributed by atoms with Crippen LogP contribution in [0.25, 0.3) is 0 Å². The molecule has 0 aromatic heterocycles. The standard InChI is InChI=1S/C30H36N2O4/c1-19(2)14-16-21-8-5-12-25(33)27(21)29(35)31-23-10-7-11-24(18-23)32-30(36)28-22(17-15-20(3)4)9-6-13-26(28)34/h5-13,18-20,33-34H,14-17H2,1-4H3,(H,31,35)(H,32,36). The average molecular weight is 489 g/mol. The van der Waals surface area contributed by atoms with Gasteiger partial charge in [0.05, 0.1) is 11.1 Å². The summed E-state index contributed by atoms with van der Waals surface area (Å²) >= 11 is 0. The molecule has 3 aromatic carbocycles. The highest BCUT2D eigenvalue weighted by molar-refractivity contribution is 6.09. The van der Waals surface area contributed by atoms with Gasteiger partial charge in [-0.1, -0.05) is 58.0 Å². The molecule has 6 nitrogen and oxygen atoms in total. The Morgan fingerprint density at radius 1 is 0.667 bits per heavy atom. The van der Waals surface area contributed by atoms with Crippen LogP contribution in [0.2, 0.25) is 0 Å². The molecule has 3 aromatic rings. The van der Waals surface area contributed by atoms with Crippen LogP contribution in [0, 0.1) is 11.8 Å². The first-order chi connectivity index (χ1) is 17.2. The van der Waals surface area contributed by atoms with Gasteiger partial charge in [-0.15, -0.1) is 0 Å². The largest absolute Gasteiger partial charge is 0.507 e. The highest BCUT2D eigenvalue weighted by Crippen LogP contribution is 2.27. The van der Waals surface area contributed by atoms with Crippen LogP contribution in [-0.2, 0) is 12.8 Å². The molecule has 0 aliphatic carbocycles. The van der Waals surface area contributed by atoms with Crippen LogP contribution in [0.15, 0.2) is 60.7 Å². The third-order valence-electron chi connectivity index (χ3n) is 6.07. The predicted molar refractivity (Wildman–Crippen MR) is 145 cm³/mol. The molecular formula is C30H36N2O4. The molecule has 4 N–H and O–H groups in total. The summed E-state index contributed by atoms with van der Waals surface area (Å²) in [6, 6.07) is 17.0. The molecule has 36 heavy (non-hydrogen) atoms. The molecule has 0 saturated heterocycles. The minimum absolute atomic E-state index is 0.0632. The van der Waals surface area contributed by atoms with Gasteiger partial charge in [0.2, 0.25) is 0 Å². The van der Waals surface area contributed by atoms with Gasteiger partial charge in [0.15, 0.2) is 0 Å². The van der Waals surface area contributed by atoms with E-state index < -0.39 is 11.8 Å². The fourth-order valence-corrected chi connectivity index (χ4v) is 4.06. The number of carbonyl (C=O) groups is 2. The summed E-state index contributed by atoms with van der Waals surface area (Å²) in [7, 11) is 0. The second kappa shape index (κ2) is 12.2. The second-order valence-electron chi connectivity index (χ2n) is 9.98. The zero-order valence-electron chi connectivity index (χ0n) is 21.5. The Balaban J connectivity index is 1.78. The van der Waals surface area contributed by atoms with E-state index in [9.17, 15) is 19.8 Å². The van der Waals surface area contributed by atoms with Gasteiger partial charge in [0, 0.05) is 11.4 Å². The number of phenols is 2. The normalized spacial score (nSPS) is 11.1. The molecule has 0 unspecified atom stereocenters. The van der Waals surface area contributed by atoms with Gasteiger partial charge < -0.3 is 20.8 Å². The van der Waals surface area contributed by atoms with E-state index in [0.717, 1.165) is 24.0 Å². The second-order valence-corrected chi connectivity index (χ2v) is 9.98. The van der Waals surface area contributed by atoms with Gasteiger partial charge in [-0.3, -0.25) is 9.59 Å². The smallest absolute Gasteiger partial charge is 0.259 e. The number of hydrogen-bond acceptors (Lipinski definition) is 4. The first-order valence-corrected chi connectivity index (χ1v) is 12.5. The molecule has 6 heteroatoms. The van der Waals surface area contributed by atoms with Crippen LogP contribution < -0.4 is 10.6 Å². The van der Waals surface area contributed by atoms with Crippen molar-refractivity contribution in [1.29, 1.82) is 0 Å². The Morgan fingerprint density at radius 2 is 1.06 bits per heavy atom. The fourth-order valence-electron chi connectivity index (χ4n) is 4.06. The van der Waals surface area contributed by atoms with E-state index in [0.29, 0.717) is 36.1 Å². The van der Waals surface area contributed by atoms with Crippen molar-refractivity contribution in [3.05, 3.63) is 82.9 Å². The number of benzene rings is 3. The van der Waals surface area contributed by atoms with E-state index in [1.807, 2.05) is 12.1 Å². The summed E-state index contributed by atoms with van der Waals surface area (Å²) in [4.78, 5) is 26.2. The van der Waals surface area contributed by atoms with Crippen molar-refractivity contribution in [2.24, 2.45) is 11.8 Å². The molecule has 0 saturated carbocycles. The van der Waals surface area contributed by atoms with Gasteiger partial charge in [0.25, 0.3) is 11.8 Å². The maximum atomic E-state index is 13.1. The van der Waals surface area contributed by atoms with E-state index in [4.69, 9.17) is 0 Å². The topological polar surface area (TPSA) is 98.7 Å².